The number of hydrogen-bond acceptors (Lipinski definition) is 2. The molecule has 0 atom stereocenters. The van der Waals surface area contributed by atoms with Gasteiger partial charge in [0.05, 0.1) is 16.7 Å². The van der Waals surface area contributed by atoms with Gasteiger partial charge in [-0.15, -0.1) is 0 Å². The second-order valence-electron chi connectivity index (χ2n) is 2.61. The van der Waals surface area contributed by atoms with Crippen LogP contribution < -0.4 is 0 Å². The largest absolute Gasteiger partial charge is 0.478 e. The van der Waals surface area contributed by atoms with Crippen LogP contribution >= 0.6 is 11.6 Å². The van der Waals surface area contributed by atoms with E-state index in [2.05, 4.69) is 0 Å². The van der Waals surface area contributed by atoms with Crippen molar-refractivity contribution in [2.75, 3.05) is 0 Å². The van der Waals surface area contributed by atoms with Gasteiger partial charge in [0.15, 0.2) is 0 Å². The first kappa shape index (κ1) is 11.2. The van der Waals surface area contributed by atoms with Gasteiger partial charge < -0.3 is 5.11 Å². The van der Waals surface area contributed by atoms with Gasteiger partial charge in [0, 0.05) is 11.6 Å². The molecule has 0 fully saturated rings. The van der Waals surface area contributed by atoms with Crippen molar-refractivity contribution in [3.8, 4) is 6.07 Å². The fraction of sp³-hybridized carbons (Fsp3) is 0. The number of carboxylic acid groups (broad SMARTS) is 1. The van der Waals surface area contributed by atoms with E-state index in [1.807, 2.05) is 0 Å². The Labute approximate surface area is 90.0 Å². The van der Waals surface area contributed by atoms with Crippen molar-refractivity contribution >= 4 is 23.6 Å². The fourth-order valence-electron chi connectivity index (χ4n) is 0.981. The molecule has 0 saturated carbocycles. The van der Waals surface area contributed by atoms with Gasteiger partial charge in [-0.05, 0) is 18.2 Å². The molecule has 0 spiro atoms. The number of carbonyl (C=O) groups is 1. The second-order valence-corrected chi connectivity index (χ2v) is 3.01. The summed E-state index contributed by atoms with van der Waals surface area (Å²) in [6.45, 7) is 0. The Kier molecular flexibility index (Phi) is 3.42. The van der Waals surface area contributed by atoms with Crippen LogP contribution in [0, 0.1) is 17.1 Å². The summed E-state index contributed by atoms with van der Waals surface area (Å²) in [7, 11) is 0. The summed E-state index contributed by atoms with van der Waals surface area (Å²) >= 11 is 5.49. The topological polar surface area (TPSA) is 61.1 Å². The molecule has 0 aliphatic heterocycles. The van der Waals surface area contributed by atoms with Crippen LogP contribution in [0.1, 0.15) is 11.1 Å². The lowest BCUT2D eigenvalue weighted by atomic mass is 10.1. The van der Waals surface area contributed by atoms with Gasteiger partial charge in [-0.3, -0.25) is 0 Å². The maximum atomic E-state index is 13.4. The molecule has 15 heavy (non-hydrogen) atoms. The molecule has 0 saturated heterocycles. The Balaban J connectivity index is 3.32. The molecule has 1 rings (SSSR count). The Morgan fingerprint density at radius 2 is 2.27 bits per heavy atom. The van der Waals surface area contributed by atoms with E-state index in [-0.39, 0.29) is 16.1 Å². The maximum absolute atomic E-state index is 13.4. The van der Waals surface area contributed by atoms with Gasteiger partial charge in [-0.2, -0.15) is 5.26 Å². The molecule has 0 unspecified atom stereocenters. The van der Waals surface area contributed by atoms with Crippen LogP contribution in [0.25, 0.3) is 6.08 Å². The molecule has 1 aromatic rings. The summed E-state index contributed by atoms with van der Waals surface area (Å²) in [5.41, 5.74) is -0.0817. The lowest BCUT2D eigenvalue weighted by Gasteiger charge is -2.01. The monoisotopic (exact) mass is 225 g/mol. The average molecular weight is 226 g/mol. The van der Waals surface area contributed by atoms with Crippen molar-refractivity contribution in [1.82, 2.24) is 0 Å². The van der Waals surface area contributed by atoms with Crippen LogP contribution in [0.15, 0.2) is 18.2 Å². The number of aliphatic carboxylic acids is 1. The zero-order chi connectivity index (χ0) is 11.4. The molecule has 0 heterocycles. The van der Waals surface area contributed by atoms with E-state index in [1.54, 1.807) is 6.07 Å². The van der Waals surface area contributed by atoms with Gasteiger partial charge in [0.1, 0.15) is 5.82 Å². The summed E-state index contributed by atoms with van der Waals surface area (Å²) in [6, 6.07) is 4.31. The van der Waals surface area contributed by atoms with E-state index in [4.69, 9.17) is 22.0 Å². The first-order valence-electron chi connectivity index (χ1n) is 3.85. The molecule has 1 N–H and O–H groups in total. The number of rotatable bonds is 2. The molecule has 1 aromatic carbocycles. The molecule has 0 amide bonds. The highest BCUT2D eigenvalue weighted by Crippen LogP contribution is 2.22. The number of hydrogen-bond donors (Lipinski definition) is 1. The predicted octanol–water partition coefficient (Wildman–Crippen LogP) is 2.45. The van der Waals surface area contributed by atoms with Gasteiger partial charge in [-0.1, -0.05) is 11.6 Å². The minimum atomic E-state index is -1.22. The summed E-state index contributed by atoms with van der Waals surface area (Å²) in [4.78, 5) is 10.2. The molecule has 5 heteroatoms. The lowest BCUT2D eigenvalue weighted by molar-refractivity contribution is -0.131. The third-order valence-electron chi connectivity index (χ3n) is 1.65. The van der Waals surface area contributed by atoms with E-state index in [0.717, 1.165) is 12.2 Å². The van der Waals surface area contributed by atoms with E-state index < -0.39 is 11.8 Å². The number of carboxylic acids is 1. The van der Waals surface area contributed by atoms with E-state index >= 15 is 0 Å². The zero-order valence-electron chi connectivity index (χ0n) is 7.37. The second kappa shape index (κ2) is 4.58. The minimum absolute atomic E-state index is 0.0365. The minimum Gasteiger partial charge on any atom is -0.478 e. The predicted molar refractivity (Wildman–Crippen MR) is 52.8 cm³/mol. The van der Waals surface area contributed by atoms with Crippen LogP contribution in [0.4, 0.5) is 4.39 Å². The highest BCUT2D eigenvalue weighted by molar-refractivity contribution is 6.30. The zero-order valence-corrected chi connectivity index (χ0v) is 8.12. The lowest BCUT2D eigenvalue weighted by Crippen LogP contribution is -1.92. The highest BCUT2D eigenvalue weighted by atomic mass is 35.5. The van der Waals surface area contributed by atoms with Gasteiger partial charge in [0.25, 0.3) is 0 Å². The SMILES string of the molecule is N#Cc1ccc(Cl)c(F)c1C=CC(=O)O. The molecule has 3 nitrogen and oxygen atoms in total. The number of benzene rings is 1. The summed E-state index contributed by atoms with van der Waals surface area (Å²) in [6.07, 6.45) is 1.75. The summed E-state index contributed by atoms with van der Waals surface area (Å²) in [5, 5.41) is 16.9. The van der Waals surface area contributed by atoms with Crippen molar-refractivity contribution in [2.45, 2.75) is 0 Å². The van der Waals surface area contributed by atoms with Gasteiger partial charge in [-0.25, -0.2) is 9.18 Å². The van der Waals surface area contributed by atoms with Crippen LogP contribution in [0.5, 0.6) is 0 Å². The molecular weight excluding hydrogens is 221 g/mol. The van der Waals surface area contributed by atoms with Crippen LogP contribution in [-0.4, -0.2) is 11.1 Å². The van der Waals surface area contributed by atoms with Crippen molar-refractivity contribution in [3.63, 3.8) is 0 Å². The van der Waals surface area contributed by atoms with Crippen molar-refractivity contribution in [2.24, 2.45) is 0 Å². The molecule has 76 valence electrons. The average Bonchev–Trinajstić information content (AvgIpc) is 2.20. The van der Waals surface area contributed by atoms with Crippen molar-refractivity contribution < 1.29 is 14.3 Å². The molecule has 0 radical (unpaired) electrons. The summed E-state index contributed by atoms with van der Waals surface area (Å²) < 4.78 is 13.4. The quantitative estimate of drug-likeness (QED) is 0.787. The molecule has 0 aliphatic carbocycles. The van der Waals surface area contributed by atoms with E-state index in [9.17, 15) is 9.18 Å². The van der Waals surface area contributed by atoms with Crippen molar-refractivity contribution in [3.05, 3.63) is 40.2 Å². The molecular formula is C10H5ClFNO2. The standard InChI is InChI=1S/C10H5ClFNO2/c11-8-3-1-6(5-13)7(10(8)12)2-4-9(14)15/h1-4H,(H,14,15). The first-order valence-corrected chi connectivity index (χ1v) is 4.23. The number of halogens is 2. The third-order valence-corrected chi connectivity index (χ3v) is 1.94. The highest BCUT2D eigenvalue weighted by Gasteiger charge is 2.09. The Bertz CT molecular complexity index is 477. The van der Waals surface area contributed by atoms with Gasteiger partial charge >= 0.3 is 5.97 Å². The molecule has 0 bridgehead atoms. The third kappa shape index (κ3) is 2.55. The Morgan fingerprint density at radius 1 is 1.60 bits per heavy atom. The van der Waals surface area contributed by atoms with E-state index in [1.165, 1.54) is 12.1 Å². The normalized spacial score (nSPS) is 10.2. The maximum Gasteiger partial charge on any atom is 0.328 e. The van der Waals surface area contributed by atoms with Crippen LogP contribution in [0.2, 0.25) is 5.02 Å². The fourth-order valence-corrected chi connectivity index (χ4v) is 1.15. The smallest absolute Gasteiger partial charge is 0.328 e. The van der Waals surface area contributed by atoms with Crippen LogP contribution in [-0.2, 0) is 4.79 Å². The van der Waals surface area contributed by atoms with E-state index in [0.29, 0.717) is 0 Å². The Hall–Kier alpha value is -1.86. The van der Waals surface area contributed by atoms with Crippen LogP contribution in [0.3, 0.4) is 0 Å². The number of nitriles is 1. The van der Waals surface area contributed by atoms with Gasteiger partial charge in [0.2, 0.25) is 0 Å². The molecule has 0 aliphatic rings. The van der Waals surface area contributed by atoms with Crippen molar-refractivity contribution in [1.29, 1.82) is 5.26 Å². The first-order chi connectivity index (χ1) is 7.06. The molecule has 0 aromatic heterocycles. The Morgan fingerprint density at radius 3 is 2.80 bits per heavy atom. The summed E-state index contributed by atoms with van der Waals surface area (Å²) in [5.74, 6) is -2.02. The number of nitrogens with zero attached hydrogens (tertiary/aromatic N) is 1.